The molecule has 0 bridgehead atoms. The fourth-order valence-corrected chi connectivity index (χ4v) is 8.96. The van der Waals surface area contributed by atoms with Crippen molar-refractivity contribution >= 4 is 58.0 Å². The van der Waals surface area contributed by atoms with Crippen molar-refractivity contribution in [2.45, 2.75) is 191 Å². The van der Waals surface area contributed by atoms with Crippen LogP contribution in [-0.4, -0.2) is 63.7 Å². The molecular formula is C52H74CaO8S2. The molecule has 11 heteroatoms. The van der Waals surface area contributed by atoms with Gasteiger partial charge in [0.2, 0.25) is 0 Å². The summed E-state index contributed by atoms with van der Waals surface area (Å²) < 4.78 is 82.1. The Morgan fingerprint density at radius 1 is 0.365 bits per heavy atom. The maximum atomic E-state index is 11.7. The van der Waals surface area contributed by atoms with Gasteiger partial charge >= 0.3 is 37.7 Å². The number of aryl methyl sites for hydroxylation is 2. The second-order valence-electron chi connectivity index (χ2n) is 16.5. The standard InChI is InChI=1S/2C26H38O4S.Ca/c2*1-2-3-4-5-6-7-8-9-10-11-12-14-18-23-19-17-22-25(31(27,28)29)26(23)30-24-20-15-13-16-21-24;/h2*13,15-17,19-22H,2-12,14,18H2,1H3,(H,27,28,29);/q;;+2/p-2. The van der Waals surface area contributed by atoms with Gasteiger partial charge in [-0.3, -0.25) is 0 Å². The predicted octanol–water partition coefficient (Wildman–Crippen LogP) is 14.9. The first kappa shape index (κ1) is 56.7. The number of unbranched alkanes of at least 4 members (excludes halogenated alkanes) is 22. The SMILES string of the molecule is CCCCCCCCCCCCCCc1cccc(S(=O)(=O)[O-])c1Oc1ccccc1.CCCCCCCCCCCCCCc1cccc(S(=O)(=O)[O-])c1Oc1ccccc1.[Ca+2]. The summed E-state index contributed by atoms with van der Waals surface area (Å²) in [6, 6.07) is 27.6. The molecule has 63 heavy (non-hydrogen) atoms. The molecule has 0 saturated heterocycles. The van der Waals surface area contributed by atoms with Gasteiger partial charge in [0.25, 0.3) is 0 Å². The van der Waals surface area contributed by atoms with Crippen LogP contribution in [0.15, 0.2) is 107 Å². The van der Waals surface area contributed by atoms with Gasteiger partial charge in [-0.15, -0.1) is 0 Å². The number of benzene rings is 4. The van der Waals surface area contributed by atoms with Gasteiger partial charge in [-0.05, 0) is 73.2 Å². The normalized spacial score (nSPS) is 11.4. The Morgan fingerprint density at radius 3 is 0.905 bits per heavy atom. The molecule has 0 N–H and O–H groups in total. The van der Waals surface area contributed by atoms with E-state index in [9.17, 15) is 25.9 Å². The third kappa shape index (κ3) is 24.6. The molecular weight excluding hydrogens is 857 g/mol. The van der Waals surface area contributed by atoms with E-state index in [-0.39, 0.29) is 59.0 Å². The van der Waals surface area contributed by atoms with Gasteiger partial charge in [0.05, 0.1) is 9.79 Å². The molecule has 0 aliphatic carbocycles. The minimum atomic E-state index is -4.61. The van der Waals surface area contributed by atoms with Crippen LogP contribution >= 0.6 is 0 Å². The van der Waals surface area contributed by atoms with Crippen molar-refractivity contribution < 1.29 is 35.4 Å². The third-order valence-electron chi connectivity index (χ3n) is 11.2. The van der Waals surface area contributed by atoms with Crippen molar-refractivity contribution in [2.75, 3.05) is 0 Å². The third-order valence-corrected chi connectivity index (χ3v) is 12.9. The largest absolute Gasteiger partial charge is 2.00 e. The van der Waals surface area contributed by atoms with Crippen LogP contribution in [0.3, 0.4) is 0 Å². The molecule has 0 amide bonds. The van der Waals surface area contributed by atoms with Crippen LogP contribution in [0.1, 0.15) is 179 Å². The van der Waals surface area contributed by atoms with E-state index in [4.69, 9.17) is 9.47 Å². The molecule has 0 aromatic heterocycles. The molecule has 0 spiro atoms. The fraction of sp³-hybridized carbons (Fsp3) is 0.538. The summed E-state index contributed by atoms with van der Waals surface area (Å²) in [5.74, 6) is 1.39. The Morgan fingerprint density at radius 2 is 0.635 bits per heavy atom. The van der Waals surface area contributed by atoms with Crippen LogP contribution in [0.4, 0.5) is 0 Å². The van der Waals surface area contributed by atoms with Crippen LogP contribution in [0.2, 0.25) is 0 Å². The van der Waals surface area contributed by atoms with Crippen molar-refractivity contribution in [2.24, 2.45) is 0 Å². The first-order valence-corrected chi connectivity index (χ1v) is 26.5. The molecule has 0 unspecified atom stereocenters. The number of hydrogen-bond donors (Lipinski definition) is 0. The molecule has 4 aromatic carbocycles. The first-order chi connectivity index (χ1) is 30.0. The summed E-state index contributed by atoms with van der Waals surface area (Å²) in [5, 5.41) is 0. The zero-order chi connectivity index (χ0) is 44.7. The van der Waals surface area contributed by atoms with Crippen LogP contribution in [0, 0.1) is 0 Å². The van der Waals surface area contributed by atoms with Crippen molar-refractivity contribution in [1.82, 2.24) is 0 Å². The maximum absolute atomic E-state index is 11.7. The molecule has 0 aliphatic heterocycles. The van der Waals surface area contributed by atoms with E-state index in [1.807, 2.05) is 48.5 Å². The maximum Gasteiger partial charge on any atom is 2.00 e. The van der Waals surface area contributed by atoms with Gasteiger partial charge in [-0.25, -0.2) is 16.8 Å². The van der Waals surface area contributed by atoms with Gasteiger partial charge < -0.3 is 18.6 Å². The monoisotopic (exact) mass is 930 g/mol. The van der Waals surface area contributed by atoms with E-state index in [0.717, 1.165) is 36.8 Å². The Labute approximate surface area is 411 Å². The van der Waals surface area contributed by atoms with Gasteiger partial charge in [0.15, 0.2) is 0 Å². The zero-order valence-electron chi connectivity index (χ0n) is 38.4. The molecule has 4 rings (SSSR count). The molecule has 0 radical (unpaired) electrons. The average molecular weight is 931 g/mol. The van der Waals surface area contributed by atoms with Gasteiger partial charge in [0, 0.05) is 0 Å². The minimum absolute atomic E-state index is 0. The van der Waals surface area contributed by atoms with Crippen LogP contribution in [-0.2, 0) is 33.1 Å². The average Bonchev–Trinajstić information content (AvgIpc) is 3.25. The van der Waals surface area contributed by atoms with Crippen molar-refractivity contribution in [3.8, 4) is 23.0 Å². The molecule has 0 heterocycles. The molecule has 0 aliphatic rings. The van der Waals surface area contributed by atoms with Crippen molar-refractivity contribution in [3.05, 3.63) is 108 Å². The van der Waals surface area contributed by atoms with E-state index in [1.54, 1.807) is 36.4 Å². The molecule has 4 aromatic rings. The predicted molar refractivity (Wildman–Crippen MR) is 257 cm³/mol. The molecule has 344 valence electrons. The fourth-order valence-electron chi connectivity index (χ4n) is 7.67. The molecule has 8 nitrogen and oxygen atoms in total. The topological polar surface area (TPSA) is 133 Å². The summed E-state index contributed by atoms with van der Waals surface area (Å²) in [4.78, 5) is -0.569. The van der Waals surface area contributed by atoms with Gasteiger partial charge in [-0.2, -0.15) is 0 Å². The number of para-hydroxylation sites is 4. The van der Waals surface area contributed by atoms with Gasteiger partial charge in [-0.1, -0.05) is 216 Å². The van der Waals surface area contributed by atoms with Crippen LogP contribution in [0.25, 0.3) is 0 Å². The minimum Gasteiger partial charge on any atom is -0.744 e. The Balaban J connectivity index is 0.000000427. The van der Waals surface area contributed by atoms with E-state index in [1.165, 1.54) is 141 Å². The molecule has 0 atom stereocenters. The van der Waals surface area contributed by atoms with E-state index in [0.29, 0.717) is 24.3 Å². The summed E-state index contributed by atoms with van der Waals surface area (Å²) in [6.07, 6.45) is 31.8. The summed E-state index contributed by atoms with van der Waals surface area (Å²) in [6.45, 7) is 4.50. The Bertz CT molecular complexity index is 1850. The van der Waals surface area contributed by atoms with E-state index < -0.39 is 20.2 Å². The molecule has 0 fully saturated rings. The van der Waals surface area contributed by atoms with Crippen LogP contribution < -0.4 is 9.47 Å². The van der Waals surface area contributed by atoms with Gasteiger partial charge in [0.1, 0.15) is 43.2 Å². The summed E-state index contributed by atoms with van der Waals surface area (Å²) in [7, 11) is -9.21. The number of ether oxygens (including phenoxy) is 2. The first-order valence-electron chi connectivity index (χ1n) is 23.7. The summed E-state index contributed by atoms with van der Waals surface area (Å²) >= 11 is 0. The quantitative estimate of drug-likeness (QED) is 0.0269. The Hall–Kier alpha value is -2.44. The van der Waals surface area contributed by atoms with Crippen molar-refractivity contribution in [1.29, 1.82) is 0 Å². The van der Waals surface area contributed by atoms with Crippen molar-refractivity contribution in [3.63, 3.8) is 0 Å². The summed E-state index contributed by atoms with van der Waals surface area (Å²) in [5.41, 5.74) is 1.54. The second kappa shape index (κ2) is 34.0. The Kier molecular flexibility index (Phi) is 30.6. The van der Waals surface area contributed by atoms with Crippen LogP contribution in [0.5, 0.6) is 23.0 Å². The number of hydrogen-bond acceptors (Lipinski definition) is 8. The zero-order valence-corrected chi connectivity index (χ0v) is 42.3. The molecule has 0 saturated carbocycles. The smallest absolute Gasteiger partial charge is 0.744 e. The number of rotatable bonds is 32. The van der Waals surface area contributed by atoms with E-state index in [2.05, 4.69) is 13.8 Å². The second-order valence-corrected chi connectivity index (χ2v) is 19.2. The van der Waals surface area contributed by atoms with E-state index >= 15 is 0 Å².